The summed E-state index contributed by atoms with van der Waals surface area (Å²) in [6.07, 6.45) is -2.30. The predicted octanol–water partition coefficient (Wildman–Crippen LogP) is 1.44. The molecule has 13 heavy (non-hydrogen) atoms. The van der Waals surface area contributed by atoms with E-state index >= 15 is 0 Å². The van der Waals surface area contributed by atoms with Crippen molar-refractivity contribution in [1.82, 2.24) is 10.2 Å². The fourth-order valence-corrected chi connectivity index (χ4v) is 1.57. The molecular weight excluding hydrogens is 181 g/mol. The summed E-state index contributed by atoms with van der Waals surface area (Å²) in [5.74, 6) is 0.139. The first-order valence-corrected chi connectivity index (χ1v) is 4.49. The van der Waals surface area contributed by atoms with Crippen molar-refractivity contribution in [2.75, 3.05) is 26.7 Å². The number of alkyl halides is 3. The Hall–Kier alpha value is -0.290. The molecule has 78 valence electrons. The predicted molar refractivity (Wildman–Crippen MR) is 44.3 cm³/mol. The Morgan fingerprint density at radius 2 is 2.15 bits per heavy atom. The third kappa shape index (κ3) is 3.52. The van der Waals surface area contributed by atoms with Gasteiger partial charge in [-0.3, -0.25) is 0 Å². The number of nitrogens with zero attached hydrogens (tertiary/aromatic N) is 1. The Bertz CT molecular complexity index is 152. The summed E-state index contributed by atoms with van der Waals surface area (Å²) >= 11 is 0. The monoisotopic (exact) mass is 196 g/mol. The summed E-state index contributed by atoms with van der Waals surface area (Å²) in [7, 11) is 1.11. The first-order valence-electron chi connectivity index (χ1n) is 4.49. The number of hydrogen-bond donors (Lipinski definition) is 1. The van der Waals surface area contributed by atoms with Gasteiger partial charge in [-0.2, -0.15) is 13.2 Å². The van der Waals surface area contributed by atoms with E-state index in [2.05, 4.69) is 5.32 Å². The smallest absolute Gasteiger partial charge is 0.316 e. The van der Waals surface area contributed by atoms with Crippen LogP contribution in [0.2, 0.25) is 0 Å². The maximum absolute atomic E-state index is 12.1. The van der Waals surface area contributed by atoms with Gasteiger partial charge in [-0.15, -0.1) is 0 Å². The fourth-order valence-electron chi connectivity index (χ4n) is 1.57. The second-order valence-electron chi connectivity index (χ2n) is 3.56. The lowest BCUT2D eigenvalue weighted by Gasteiger charge is -2.28. The molecule has 1 rings (SSSR count). The van der Waals surface area contributed by atoms with Gasteiger partial charge in [-0.05, 0) is 38.9 Å². The van der Waals surface area contributed by atoms with Crippen LogP contribution in [0.4, 0.5) is 13.2 Å². The maximum Gasteiger partial charge on any atom is 0.459 e. The van der Waals surface area contributed by atoms with E-state index in [4.69, 9.17) is 0 Å². The van der Waals surface area contributed by atoms with Gasteiger partial charge in [-0.25, -0.2) is 4.90 Å². The van der Waals surface area contributed by atoms with Gasteiger partial charge in [0.25, 0.3) is 0 Å². The third-order valence-electron chi connectivity index (χ3n) is 2.36. The maximum atomic E-state index is 12.1. The zero-order valence-corrected chi connectivity index (χ0v) is 7.69. The summed E-state index contributed by atoms with van der Waals surface area (Å²) in [5, 5.41) is 3.10. The van der Waals surface area contributed by atoms with E-state index in [-0.39, 0.29) is 12.5 Å². The molecule has 0 saturated carbocycles. The fraction of sp³-hybridized carbons (Fsp3) is 1.00. The Kier molecular flexibility index (Phi) is 3.55. The largest absolute Gasteiger partial charge is 0.459 e. The summed E-state index contributed by atoms with van der Waals surface area (Å²) in [4.78, 5) is 0.463. The molecule has 0 aliphatic carbocycles. The van der Waals surface area contributed by atoms with Crippen LogP contribution in [0.25, 0.3) is 0 Å². The van der Waals surface area contributed by atoms with Crippen LogP contribution in [0.5, 0.6) is 0 Å². The molecular formula is C8H15F3N2. The van der Waals surface area contributed by atoms with Crippen LogP contribution in [-0.4, -0.2) is 37.9 Å². The highest BCUT2D eigenvalue weighted by molar-refractivity contribution is 4.72. The SMILES string of the molecule is CN(C[C@@H]1CCCNC1)C(F)(F)F. The van der Waals surface area contributed by atoms with E-state index < -0.39 is 6.30 Å². The quantitative estimate of drug-likeness (QED) is 0.672. The molecule has 0 aromatic rings. The van der Waals surface area contributed by atoms with Crippen LogP contribution >= 0.6 is 0 Å². The first-order chi connectivity index (χ1) is 6.00. The molecule has 0 amide bonds. The van der Waals surface area contributed by atoms with Gasteiger partial charge in [0, 0.05) is 6.54 Å². The van der Waals surface area contributed by atoms with Gasteiger partial charge in [-0.1, -0.05) is 0 Å². The number of piperidine rings is 1. The van der Waals surface area contributed by atoms with Crippen molar-refractivity contribution in [3.05, 3.63) is 0 Å². The van der Waals surface area contributed by atoms with E-state index in [1.165, 1.54) is 0 Å². The minimum atomic E-state index is -4.18. The van der Waals surface area contributed by atoms with E-state index in [9.17, 15) is 13.2 Å². The van der Waals surface area contributed by atoms with Gasteiger partial charge in [0.05, 0.1) is 0 Å². The molecule has 1 aliphatic heterocycles. The van der Waals surface area contributed by atoms with E-state index in [1.807, 2.05) is 0 Å². The van der Waals surface area contributed by atoms with E-state index in [0.29, 0.717) is 11.4 Å². The Balaban J connectivity index is 2.30. The van der Waals surface area contributed by atoms with E-state index in [0.717, 1.165) is 26.4 Å². The van der Waals surface area contributed by atoms with Crippen molar-refractivity contribution in [2.24, 2.45) is 5.92 Å². The standard InChI is InChI=1S/C8H15F3N2/c1-13(8(9,10)11)6-7-3-2-4-12-5-7/h7,12H,2-6H2,1H3/t7-/m1/s1. The summed E-state index contributed by atoms with van der Waals surface area (Å²) in [5.41, 5.74) is 0. The third-order valence-corrected chi connectivity index (χ3v) is 2.36. The molecule has 0 aromatic carbocycles. The summed E-state index contributed by atoms with van der Waals surface area (Å²) in [6.45, 7) is 1.75. The lowest BCUT2D eigenvalue weighted by atomic mass is 9.99. The van der Waals surface area contributed by atoms with Crippen molar-refractivity contribution in [2.45, 2.75) is 19.1 Å². The lowest BCUT2D eigenvalue weighted by molar-refractivity contribution is -0.239. The summed E-state index contributed by atoms with van der Waals surface area (Å²) in [6, 6.07) is 0. The van der Waals surface area contributed by atoms with Crippen LogP contribution in [0.3, 0.4) is 0 Å². The zero-order valence-electron chi connectivity index (χ0n) is 7.69. The first kappa shape index (κ1) is 10.8. The Morgan fingerprint density at radius 1 is 1.46 bits per heavy atom. The molecule has 1 N–H and O–H groups in total. The van der Waals surface area contributed by atoms with Gasteiger partial charge in [0.15, 0.2) is 0 Å². The van der Waals surface area contributed by atoms with E-state index in [1.54, 1.807) is 0 Å². The highest BCUT2D eigenvalue weighted by atomic mass is 19.4. The average Bonchev–Trinajstić information content (AvgIpc) is 2.04. The van der Waals surface area contributed by atoms with Crippen molar-refractivity contribution < 1.29 is 13.2 Å². The molecule has 0 unspecified atom stereocenters. The zero-order chi connectivity index (χ0) is 9.90. The Labute approximate surface area is 76.1 Å². The summed E-state index contributed by atoms with van der Waals surface area (Å²) < 4.78 is 36.3. The minimum absolute atomic E-state index is 0.108. The van der Waals surface area contributed by atoms with Crippen molar-refractivity contribution >= 4 is 0 Å². The molecule has 0 spiro atoms. The van der Waals surface area contributed by atoms with Gasteiger partial charge < -0.3 is 5.32 Å². The van der Waals surface area contributed by atoms with Crippen LogP contribution < -0.4 is 5.32 Å². The second-order valence-corrected chi connectivity index (χ2v) is 3.56. The lowest BCUT2D eigenvalue weighted by Crippen LogP contribution is -2.42. The number of rotatable bonds is 2. The highest BCUT2D eigenvalue weighted by Crippen LogP contribution is 2.22. The molecule has 1 heterocycles. The van der Waals surface area contributed by atoms with Gasteiger partial charge in [0.2, 0.25) is 0 Å². The molecule has 1 atom stereocenters. The molecule has 0 aromatic heterocycles. The minimum Gasteiger partial charge on any atom is -0.316 e. The number of nitrogens with one attached hydrogen (secondary N) is 1. The number of halogens is 3. The normalized spacial score (nSPS) is 25.2. The number of hydrogen-bond acceptors (Lipinski definition) is 2. The highest BCUT2D eigenvalue weighted by Gasteiger charge is 2.35. The van der Waals surface area contributed by atoms with Crippen molar-refractivity contribution in [1.29, 1.82) is 0 Å². The van der Waals surface area contributed by atoms with Gasteiger partial charge in [0.1, 0.15) is 0 Å². The topological polar surface area (TPSA) is 15.3 Å². The molecule has 1 saturated heterocycles. The Morgan fingerprint density at radius 3 is 2.62 bits per heavy atom. The molecule has 1 aliphatic rings. The van der Waals surface area contributed by atoms with Crippen LogP contribution in [0, 0.1) is 5.92 Å². The molecule has 2 nitrogen and oxygen atoms in total. The van der Waals surface area contributed by atoms with Crippen LogP contribution in [-0.2, 0) is 0 Å². The average molecular weight is 196 g/mol. The van der Waals surface area contributed by atoms with Crippen molar-refractivity contribution in [3.63, 3.8) is 0 Å². The molecule has 5 heteroatoms. The molecule has 0 bridgehead atoms. The van der Waals surface area contributed by atoms with Gasteiger partial charge >= 0.3 is 6.30 Å². The van der Waals surface area contributed by atoms with Crippen molar-refractivity contribution in [3.8, 4) is 0 Å². The van der Waals surface area contributed by atoms with Crippen LogP contribution in [0.1, 0.15) is 12.8 Å². The molecule has 1 fully saturated rings. The second kappa shape index (κ2) is 4.28. The van der Waals surface area contributed by atoms with Crippen LogP contribution in [0.15, 0.2) is 0 Å². The molecule has 0 radical (unpaired) electrons.